The second kappa shape index (κ2) is 9.09. The molecule has 2 N–H and O–H groups in total. The van der Waals surface area contributed by atoms with Gasteiger partial charge in [-0.2, -0.15) is 5.10 Å². The van der Waals surface area contributed by atoms with E-state index in [9.17, 15) is 14.9 Å². The quantitative estimate of drug-likeness (QED) is 0.340. The lowest BCUT2D eigenvalue weighted by atomic mass is 10.1. The lowest BCUT2D eigenvalue weighted by Crippen LogP contribution is -1.99. The second-order valence-electron chi connectivity index (χ2n) is 5.89. The van der Waals surface area contributed by atoms with Crippen molar-refractivity contribution in [2.24, 2.45) is 5.10 Å². The van der Waals surface area contributed by atoms with Gasteiger partial charge in [0.25, 0.3) is 5.69 Å². The molecule has 0 saturated carbocycles. The fraction of sp³-hybridized carbons (Fsp3) is 0.0500. The highest BCUT2D eigenvalue weighted by molar-refractivity contribution is 5.87. The Bertz CT molecular complexity index is 1020. The third-order valence-electron chi connectivity index (χ3n) is 3.84. The molecule has 0 aliphatic rings. The van der Waals surface area contributed by atoms with E-state index < -0.39 is 10.9 Å². The van der Waals surface area contributed by atoms with Crippen molar-refractivity contribution in [3.8, 4) is 5.75 Å². The Labute approximate surface area is 165 Å². The van der Waals surface area contributed by atoms with Crippen molar-refractivity contribution in [2.75, 3.05) is 5.43 Å². The van der Waals surface area contributed by atoms with Crippen LogP contribution >= 0.6 is 0 Å². The first-order valence-electron chi connectivity index (χ1n) is 8.46. The molecule has 9 nitrogen and oxygen atoms in total. The van der Waals surface area contributed by atoms with Crippen molar-refractivity contribution in [1.82, 2.24) is 4.98 Å². The number of pyridine rings is 1. The number of nitrogens with one attached hydrogen (secondary N) is 1. The number of benzene rings is 2. The van der Waals surface area contributed by atoms with Gasteiger partial charge in [0.2, 0.25) is 0 Å². The summed E-state index contributed by atoms with van der Waals surface area (Å²) in [5, 5.41) is 23.5. The minimum absolute atomic E-state index is 0.0899. The van der Waals surface area contributed by atoms with Gasteiger partial charge in [0.1, 0.15) is 24.4 Å². The number of hydrazone groups is 1. The van der Waals surface area contributed by atoms with Gasteiger partial charge in [-0.15, -0.1) is 0 Å². The second-order valence-corrected chi connectivity index (χ2v) is 5.89. The Morgan fingerprint density at radius 1 is 1.14 bits per heavy atom. The van der Waals surface area contributed by atoms with Crippen molar-refractivity contribution in [3.63, 3.8) is 0 Å². The van der Waals surface area contributed by atoms with Crippen molar-refractivity contribution in [1.29, 1.82) is 0 Å². The van der Waals surface area contributed by atoms with E-state index in [0.717, 1.165) is 17.3 Å². The minimum Gasteiger partial charge on any atom is -0.489 e. The van der Waals surface area contributed by atoms with Gasteiger partial charge in [0.05, 0.1) is 16.7 Å². The molecule has 3 rings (SSSR count). The van der Waals surface area contributed by atoms with Crippen LogP contribution in [0.4, 0.5) is 11.5 Å². The van der Waals surface area contributed by atoms with E-state index in [0.29, 0.717) is 18.2 Å². The number of nitro groups is 1. The van der Waals surface area contributed by atoms with Crippen LogP contribution in [0.1, 0.15) is 21.5 Å². The van der Waals surface area contributed by atoms with Crippen LogP contribution in [0, 0.1) is 10.1 Å². The number of aromatic carboxylic acids is 1. The molecular formula is C20H16N4O5. The molecule has 0 aliphatic heterocycles. The standard InChI is InChI=1S/C20H16N4O5/c25-20(26)16-5-1-15(2-6-16)13-29-18-8-3-14(4-9-18)11-22-23-19-10-7-17(12-21-19)24(27)28/h1-12H,13H2,(H,21,23)(H,25,26)/b22-11+. The highest BCUT2D eigenvalue weighted by Gasteiger charge is 2.04. The molecule has 1 heterocycles. The number of anilines is 1. The van der Waals surface area contributed by atoms with E-state index in [1.165, 1.54) is 24.3 Å². The highest BCUT2D eigenvalue weighted by Crippen LogP contribution is 2.15. The highest BCUT2D eigenvalue weighted by atomic mass is 16.6. The van der Waals surface area contributed by atoms with Crippen molar-refractivity contribution < 1.29 is 19.6 Å². The Morgan fingerprint density at radius 2 is 1.86 bits per heavy atom. The van der Waals surface area contributed by atoms with Gasteiger partial charge in [-0.05, 0) is 53.6 Å². The maximum Gasteiger partial charge on any atom is 0.335 e. The molecule has 146 valence electrons. The third kappa shape index (κ3) is 5.60. The van der Waals surface area contributed by atoms with Crippen LogP contribution < -0.4 is 10.2 Å². The normalized spacial score (nSPS) is 10.6. The first-order valence-corrected chi connectivity index (χ1v) is 8.46. The Kier molecular flexibility index (Phi) is 6.11. The Balaban J connectivity index is 1.51. The molecule has 9 heteroatoms. The number of carboxylic acids is 1. The van der Waals surface area contributed by atoms with E-state index in [2.05, 4.69) is 15.5 Å². The fourth-order valence-corrected chi connectivity index (χ4v) is 2.29. The zero-order chi connectivity index (χ0) is 20.6. The predicted octanol–water partition coefficient (Wildman–Crippen LogP) is 3.71. The summed E-state index contributed by atoms with van der Waals surface area (Å²) in [4.78, 5) is 24.8. The molecule has 0 atom stereocenters. The first-order chi connectivity index (χ1) is 14.0. The SMILES string of the molecule is O=C(O)c1ccc(COc2ccc(/C=N/Nc3ccc([N+](=O)[O-])cn3)cc2)cc1. The zero-order valence-corrected chi connectivity index (χ0v) is 15.1. The lowest BCUT2D eigenvalue weighted by molar-refractivity contribution is -0.385. The molecule has 0 radical (unpaired) electrons. The van der Waals surface area contributed by atoms with Crippen LogP contribution in [0.15, 0.2) is 72.0 Å². The minimum atomic E-state index is -0.964. The molecule has 0 bridgehead atoms. The average molecular weight is 392 g/mol. The van der Waals surface area contributed by atoms with Gasteiger partial charge < -0.3 is 9.84 Å². The van der Waals surface area contributed by atoms with Gasteiger partial charge in [0.15, 0.2) is 0 Å². The molecule has 1 aromatic heterocycles. The number of aromatic nitrogens is 1. The number of rotatable bonds is 8. The van der Waals surface area contributed by atoms with Crippen molar-refractivity contribution in [3.05, 3.63) is 93.7 Å². The molecule has 0 saturated heterocycles. The van der Waals surface area contributed by atoms with Crippen LogP contribution in [-0.2, 0) is 6.61 Å². The van der Waals surface area contributed by atoms with Crippen molar-refractivity contribution in [2.45, 2.75) is 6.61 Å². The Morgan fingerprint density at radius 3 is 2.45 bits per heavy atom. The predicted molar refractivity (Wildman–Crippen MR) is 106 cm³/mol. The summed E-state index contributed by atoms with van der Waals surface area (Å²) in [6.07, 6.45) is 2.73. The van der Waals surface area contributed by atoms with Gasteiger partial charge in [0, 0.05) is 6.07 Å². The van der Waals surface area contributed by atoms with E-state index in [1.54, 1.807) is 30.5 Å². The third-order valence-corrected chi connectivity index (χ3v) is 3.84. The molecule has 0 fully saturated rings. The van der Waals surface area contributed by atoms with Crippen LogP contribution in [0.5, 0.6) is 5.75 Å². The van der Waals surface area contributed by atoms with Crippen LogP contribution in [0.25, 0.3) is 0 Å². The molecular weight excluding hydrogens is 376 g/mol. The molecule has 3 aromatic rings. The van der Waals surface area contributed by atoms with E-state index >= 15 is 0 Å². The van der Waals surface area contributed by atoms with E-state index in [4.69, 9.17) is 9.84 Å². The lowest BCUT2D eigenvalue weighted by Gasteiger charge is -2.07. The van der Waals surface area contributed by atoms with Gasteiger partial charge in [-0.25, -0.2) is 9.78 Å². The summed E-state index contributed by atoms with van der Waals surface area (Å²) in [5.41, 5.74) is 4.52. The number of carbonyl (C=O) groups is 1. The summed E-state index contributed by atoms with van der Waals surface area (Å²) >= 11 is 0. The monoisotopic (exact) mass is 392 g/mol. The number of hydrogen-bond acceptors (Lipinski definition) is 7. The molecule has 0 spiro atoms. The molecule has 0 unspecified atom stereocenters. The molecule has 0 aliphatic carbocycles. The first kappa shape index (κ1) is 19.5. The number of ether oxygens (including phenoxy) is 1. The summed E-state index contributed by atoms with van der Waals surface area (Å²) in [5.74, 6) is 0.0868. The summed E-state index contributed by atoms with van der Waals surface area (Å²) in [7, 11) is 0. The topological polar surface area (TPSA) is 127 Å². The summed E-state index contributed by atoms with van der Waals surface area (Å²) < 4.78 is 5.68. The molecule has 0 amide bonds. The van der Waals surface area contributed by atoms with Crippen LogP contribution in [-0.4, -0.2) is 27.2 Å². The summed E-state index contributed by atoms with van der Waals surface area (Å²) in [6, 6.07) is 16.5. The van der Waals surface area contributed by atoms with Crippen LogP contribution in [0.3, 0.4) is 0 Å². The molecule has 29 heavy (non-hydrogen) atoms. The Hall–Kier alpha value is -4.27. The average Bonchev–Trinajstić information content (AvgIpc) is 2.74. The summed E-state index contributed by atoms with van der Waals surface area (Å²) in [6.45, 7) is 0.320. The van der Waals surface area contributed by atoms with Gasteiger partial charge in [-0.1, -0.05) is 12.1 Å². The van der Waals surface area contributed by atoms with Crippen LogP contribution in [0.2, 0.25) is 0 Å². The number of nitrogens with zero attached hydrogens (tertiary/aromatic N) is 3. The fourth-order valence-electron chi connectivity index (χ4n) is 2.29. The number of hydrogen-bond donors (Lipinski definition) is 2. The largest absolute Gasteiger partial charge is 0.489 e. The van der Waals surface area contributed by atoms with E-state index in [-0.39, 0.29) is 11.3 Å². The smallest absolute Gasteiger partial charge is 0.335 e. The van der Waals surface area contributed by atoms with E-state index in [1.807, 2.05) is 12.1 Å². The maximum absolute atomic E-state index is 10.8. The molecule has 2 aromatic carbocycles. The van der Waals surface area contributed by atoms with Crippen molar-refractivity contribution >= 4 is 23.7 Å². The van der Waals surface area contributed by atoms with Gasteiger partial charge >= 0.3 is 5.97 Å². The zero-order valence-electron chi connectivity index (χ0n) is 15.1. The van der Waals surface area contributed by atoms with Gasteiger partial charge in [-0.3, -0.25) is 15.5 Å². The number of carboxylic acid groups (broad SMARTS) is 1. The maximum atomic E-state index is 10.8.